The predicted molar refractivity (Wildman–Crippen MR) is 111 cm³/mol. The van der Waals surface area contributed by atoms with Gasteiger partial charge in [0, 0.05) is 36.3 Å². The van der Waals surface area contributed by atoms with E-state index in [2.05, 4.69) is 19.9 Å². The molecule has 1 aliphatic rings. The molecule has 0 atom stereocenters. The molecule has 0 unspecified atom stereocenters. The first kappa shape index (κ1) is 20.3. The van der Waals surface area contributed by atoms with Crippen LogP contribution in [0, 0.1) is 6.92 Å². The Labute approximate surface area is 172 Å². The van der Waals surface area contributed by atoms with Gasteiger partial charge in [0.25, 0.3) is 0 Å². The van der Waals surface area contributed by atoms with E-state index in [4.69, 9.17) is 5.11 Å². The van der Waals surface area contributed by atoms with Crippen molar-refractivity contribution in [3.05, 3.63) is 53.6 Å². The van der Waals surface area contributed by atoms with Crippen LogP contribution >= 0.6 is 0 Å². The number of benzene rings is 2. The lowest BCUT2D eigenvalue weighted by atomic mass is 10.1. The van der Waals surface area contributed by atoms with Crippen molar-refractivity contribution in [1.29, 1.82) is 0 Å². The molecule has 8 heteroatoms. The molecule has 2 heterocycles. The average Bonchev–Trinajstić information content (AvgIpc) is 3.13. The lowest BCUT2D eigenvalue weighted by molar-refractivity contribution is -0.274. The largest absolute Gasteiger partial charge is 0.573 e. The molecule has 0 radical (unpaired) electrons. The van der Waals surface area contributed by atoms with Gasteiger partial charge in [-0.15, -0.1) is 13.2 Å². The Morgan fingerprint density at radius 2 is 1.97 bits per heavy atom. The molecule has 2 aromatic carbocycles. The second-order valence-electron chi connectivity index (χ2n) is 7.18. The highest BCUT2D eigenvalue weighted by Gasteiger charge is 2.34. The first-order valence-electron chi connectivity index (χ1n) is 9.78. The smallest absolute Gasteiger partial charge is 0.403 e. The van der Waals surface area contributed by atoms with E-state index in [1.165, 1.54) is 6.07 Å². The van der Waals surface area contributed by atoms with Gasteiger partial charge >= 0.3 is 6.36 Å². The minimum atomic E-state index is -4.81. The Hall–Kier alpha value is -3.00. The van der Waals surface area contributed by atoms with E-state index in [0.29, 0.717) is 37.1 Å². The van der Waals surface area contributed by atoms with Crippen molar-refractivity contribution in [2.45, 2.75) is 26.1 Å². The normalized spacial score (nSPS) is 13.6. The molecule has 3 aromatic rings. The Balaban J connectivity index is 1.91. The Morgan fingerprint density at radius 3 is 2.70 bits per heavy atom. The first-order chi connectivity index (χ1) is 14.4. The Bertz CT molecular complexity index is 1070. The van der Waals surface area contributed by atoms with E-state index in [0.717, 1.165) is 22.5 Å². The maximum Gasteiger partial charge on any atom is 0.573 e. The summed E-state index contributed by atoms with van der Waals surface area (Å²) in [6.45, 7) is 3.18. The van der Waals surface area contributed by atoms with Crippen LogP contribution in [0.25, 0.3) is 10.9 Å². The van der Waals surface area contributed by atoms with Gasteiger partial charge < -0.3 is 20.1 Å². The number of nitrogens with zero attached hydrogens (tertiary/aromatic N) is 2. The van der Waals surface area contributed by atoms with Crippen molar-refractivity contribution in [1.82, 2.24) is 4.98 Å². The van der Waals surface area contributed by atoms with Gasteiger partial charge in [0.2, 0.25) is 0 Å². The number of para-hydroxylation sites is 2. The Kier molecular flexibility index (Phi) is 5.42. The number of anilines is 3. The van der Waals surface area contributed by atoms with E-state index in [-0.39, 0.29) is 17.9 Å². The number of aliphatic hydroxyl groups excluding tert-OH is 1. The van der Waals surface area contributed by atoms with Crippen LogP contribution in [0.15, 0.2) is 42.5 Å². The summed E-state index contributed by atoms with van der Waals surface area (Å²) in [5, 5.41) is 12.9. The fraction of sp³-hybridized carbons (Fsp3) is 0.318. The number of aryl methyl sites for hydroxylation is 1. The van der Waals surface area contributed by atoms with E-state index < -0.39 is 6.36 Å². The zero-order chi connectivity index (χ0) is 21.3. The molecule has 4 rings (SSSR count). The molecule has 0 aliphatic carbocycles. The van der Waals surface area contributed by atoms with Crippen molar-refractivity contribution in [3.8, 4) is 5.75 Å². The average molecular weight is 417 g/mol. The summed E-state index contributed by atoms with van der Waals surface area (Å²) in [4.78, 5) is 6.64. The fourth-order valence-corrected chi connectivity index (χ4v) is 3.91. The third kappa shape index (κ3) is 3.87. The highest BCUT2D eigenvalue weighted by Crippen LogP contribution is 2.45. The number of fused-ring (bicyclic) bond motifs is 3. The number of hydrogen-bond donors (Lipinski definition) is 2. The highest BCUT2D eigenvalue weighted by molar-refractivity contribution is 6.02. The molecule has 158 valence electrons. The van der Waals surface area contributed by atoms with Crippen LogP contribution in [0.3, 0.4) is 0 Å². The standard InChI is InChI=1S/C22H22F3N3O2/c1-14-6-2-3-8-17(14)28-12-10-16-20(28)15-7-4-9-18(30-22(23,24)25)19(15)27-21(16)26-11-5-13-29/h2-4,6-9,29H,5,10-13H2,1H3,(H,26,27). The van der Waals surface area contributed by atoms with Crippen molar-refractivity contribution < 1.29 is 23.0 Å². The van der Waals surface area contributed by atoms with Crippen LogP contribution in [0.1, 0.15) is 17.5 Å². The van der Waals surface area contributed by atoms with Crippen LogP contribution in [-0.4, -0.2) is 36.1 Å². The van der Waals surface area contributed by atoms with E-state index >= 15 is 0 Å². The second kappa shape index (κ2) is 8.02. The van der Waals surface area contributed by atoms with Crippen molar-refractivity contribution in [2.75, 3.05) is 29.9 Å². The molecule has 0 fully saturated rings. The lowest BCUT2D eigenvalue weighted by Gasteiger charge is -2.24. The number of aromatic nitrogens is 1. The summed E-state index contributed by atoms with van der Waals surface area (Å²) in [5.41, 5.74) is 4.03. The topological polar surface area (TPSA) is 57.6 Å². The van der Waals surface area contributed by atoms with Crippen LogP contribution in [0.2, 0.25) is 0 Å². The molecule has 0 saturated heterocycles. The van der Waals surface area contributed by atoms with Gasteiger partial charge in [-0.3, -0.25) is 0 Å². The lowest BCUT2D eigenvalue weighted by Crippen LogP contribution is -2.18. The third-order valence-corrected chi connectivity index (χ3v) is 5.16. The number of halogens is 3. The first-order valence-corrected chi connectivity index (χ1v) is 9.78. The maximum atomic E-state index is 13.0. The number of aliphatic hydroxyl groups is 1. The van der Waals surface area contributed by atoms with Gasteiger partial charge in [0.1, 0.15) is 11.3 Å². The fourth-order valence-electron chi connectivity index (χ4n) is 3.91. The molecule has 0 bridgehead atoms. The summed E-state index contributed by atoms with van der Waals surface area (Å²) in [5.74, 6) is 0.199. The van der Waals surface area contributed by atoms with Gasteiger partial charge in [-0.05, 0) is 37.5 Å². The van der Waals surface area contributed by atoms with Gasteiger partial charge in [-0.25, -0.2) is 4.98 Å². The monoisotopic (exact) mass is 417 g/mol. The van der Waals surface area contributed by atoms with Gasteiger partial charge in [0.15, 0.2) is 5.75 Å². The molecule has 0 saturated carbocycles. The van der Waals surface area contributed by atoms with Crippen molar-refractivity contribution in [3.63, 3.8) is 0 Å². The molecular weight excluding hydrogens is 395 g/mol. The van der Waals surface area contributed by atoms with E-state index in [1.807, 2.05) is 31.2 Å². The van der Waals surface area contributed by atoms with Crippen molar-refractivity contribution in [2.24, 2.45) is 0 Å². The van der Waals surface area contributed by atoms with Crippen molar-refractivity contribution >= 4 is 28.1 Å². The second-order valence-corrected chi connectivity index (χ2v) is 7.18. The number of pyridine rings is 1. The van der Waals surface area contributed by atoms with Crippen LogP contribution in [0.4, 0.5) is 30.4 Å². The van der Waals surface area contributed by atoms with Gasteiger partial charge in [-0.2, -0.15) is 0 Å². The Morgan fingerprint density at radius 1 is 1.17 bits per heavy atom. The molecule has 1 aromatic heterocycles. The van der Waals surface area contributed by atoms with Crippen LogP contribution in [0.5, 0.6) is 5.75 Å². The molecule has 5 nitrogen and oxygen atoms in total. The summed E-state index contributed by atoms with van der Waals surface area (Å²) < 4.78 is 43.2. The molecule has 0 spiro atoms. The number of hydrogen-bond acceptors (Lipinski definition) is 5. The minimum absolute atomic E-state index is 0.0144. The SMILES string of the molecule is Cc1ccccc1N1CCc2c(NCCCO)nc3c(OC(F)(F)F)cccc3c21. The van der Waals surface area contributed by atoms with E-state index in [1.54, 1.807) is 12.1 Å². The summed E-state index contributed by atoms with van der Waals surface area (Å²) in [6.07, 6.45) is -3.59. The molecule has 2 N–H and O–H groups in total. The quantitative estimate of drug-likeness (QED) is 0.557. The number of rotatable bonds is 6. The van der Waals surface area contributed by atoms with Crippen LogP contribution in [-0.2, 0) is 6.42 Å². The predicted octanol–water partition coefficient (Wildman–Crippen LogP) is 4.93. The summed E-state index contributed by atoms with van der Waals surface area (Å²) in [7, 11) is 0. The minimum Gasteiger partial charge on any atom is -0.403 e. The zero-order valence-electron chi connectivity index (χ0n) is 16.5. The van der Waals surface area contributed by atoms with E-state index in [9.17, 15) is 13.2 Å². The third-order valence-electron chi connectivity index (χ3n) is 5.16. The summed E-state index contributed by atoms with van der Waals surface area (Å²) in [6, 6.07) is 12.5. The molecule has 30 heavy (non-hydrogen) atoms. The number of ether oxygens (including phenoxy) is 1. The molecule has 1 aliphatic heterocycles. The van der Waals surface area contributed by atoms with Gasteiger partial charge in [0.05, 0.1) is 5.69 Å². The number of alkyl halides is 3. The number of nitrogens with one attached hydrogen (secondary N) is 1. The molecule has 0 amide bonds. The summed E-state index contributed by atoms with van der Waals surface area (Å²) >= 11 is 0. The van der Waals surface area contributed by atoms with Gasteiger partial charge in [-0.1, -0.05) is 30.3 Å². The zero-order valence-corrected chi connectivity index (χ0v) is 16.5. The van der Waals surface area contributed by atoms with Crippen LogP contribution < -0.4 is 15.0 Å². The highest BCUT2D eigenvalue weighted by atomic mass is 19.4. The maximum absolute atomic E-state index is 13.0. The molecular formula is C22H22F3N3O2.